The van der Waals surface area contributed by atoms with Crippen LogP contribution in [0.1, 0.15) is 25.3 Å². The number of β-amino-alcohol motifs (C(OH)–C–C–N with tert-alkyl or cyclic N) is 1. The van der Waals surface area contributed by atoms with Crippen LogP contribution in [0.3, 0.4) is 0 Å². The number of likely N-dealkylation sites (tertiary alicyclic amines) is 1. The molecule has 2 atom stereocenters. The molecule has 0 saturated carbocycles. The molecular weight excluding hydrogens is 376 g/mol. The van der Waals surface area contributed by atoms with Crippen molar-refractivity contribution in [3.63, 3.8) is 0 Å². The van der Waals surface area contributed by atoms with Crippen molar-refractivity contribution in [3.05, 3.63) is 59.1 Å². The number of ether oxygens (including phenoxy) is 1. The van der Waals surface area contributed by atoms with Crippen LogP contribution in [0.5, 0.6) is 5.75 Å². The zero-order valence-electron chi connectivity index (χ0n) is 16.1. The Balaban J connectivity index is 1.47. The lowest BCUT2D eigenvalue weighted by Crippen LogP contribution is -2.39. The molecule has 5 nitrogen and oxygen atoms in total. The van der Waals surface area contributed by atoms with Gasteiger partial charge in [-0.15, -0.1) is 0 Å². The summed E-state index contributed by atoms with van der Waals surface area (Å²) in [5.74, 6) is 0.559. The van der Waals surface area contributed by atoms with Gasteiger partial charge in [0.1, 0.15) is 18.5 Å². The minimum atomic E-state index is -0.568. The van der Waals surface area contributed by atoms with Crippen molar-refractivity contribution in [2.45, 2.75) is 38.3 Å². The molecule has 6 heteroatoms. The molecule has 1 fully saturated rings. The minimum Gasteiger partial charge on any atom is -0.491 e. The summed E-state index contributed by atoms with van der Waals surface area (Å²) in [5, 5.41) is 14.0. The number of nitrogens with zero attached hydrogens (tertiary/aromatic N) is 1. The molecule has 2 N–H and O–H groups in total. The quantitative estimate of drug-likeness (QED) is 0.706. The Hall–Kier alpha value is -2.08. The third kappa shape index (κ3) is 5.96. The Morgan fingerprint density at radius 1 is 1.29 bits per heavy atom. The van der Waals surface area contributed by atoms with Gasteiger partial charge in [-0.25, -0.2) is 0 Å². The standard InChI is InChI=1S/C22H27ClN2O3/c1-16(26)24-18-8-10-21(11-9-18)28-15-20(27)14-25-12-4-6-19(25)13-17-5-2-3-7-22(17)23/h2-3,5,7-11,19-20,27H,4,6,12-15H2,1H3,(H,24,26). The fraction of sp³-hybridized carbons (Fsp3) is 0.409. The highest BCUT2D eigenvalue weighted by Crippen LogP contribution is 2.25. The second-order valence-electron chi connectivity index (χ2n) is 7.26. The van der Waals surface area contributed by atoms with Gasteiger partial charge in [-0.2, -0.15) is 0 Å². The normalized spacial score (nSPS) is 18.0. The molecule has 2 aromatic carbocycles. The molecule has 1 aliphatic rings. The van der Waals surface area contributed by atoms with E-state index in [1.165, 1.54) is 6.92 Å². The molecule has 0 aliphatic carbocycles. The highest BCUT2D eigenvalue weighted by atomic mass is 35.5. The van der Waals surface area contributed by atoms with Gasteiger partial charge in [-0.1, -0.05) is 29.8 Å². The first-order valence-corrected chi connectivity index (χ1v) is 10.0. The van der Waals surface area contributed by atoms with Crippen molar-refractivity contribution in [1.82, 2.24) is 4.90 Å². The highest BCUT2D eigenvalue weighted by molar-refractivity contribution is 6.31. The number of hydrogen-bond donors (Lipinski definition) is 2. The van der Waals surface area contributed by atoms with E-state index in [1.54, 1.807) is 24.3 Å². The number of hydrogen-bond acceptors (Lipinski definition) is 4. The summed E-state index contributed by atoms with van der Waals surface area (Å²) in [6, 6.07) is 15.5. The average molecular weight is 403 g/mol. The van der Waals surface area contributed by atoms with E-state index in [4.69, 9.17) is 16.3 Å². The van der Waals surface area contributed by atoms with Crippen molar-refractivity contribution in [3.8, 4) is 5.75 Å². The van der Waals surface area contributed by atoms with E-state index in [1.807, 2.05) is 18.2 Å². The van der Waals surface area contributed by atoms with E-state index in [9.17, 15) is 9.90 Å². The first kappa shape index (κ1) is 20.6. The monoisotopic (exact) mass is 402 g/mol. The molecule has 0 radical (unpaired) electrons. The average Bonchev–Trinajstić information content (AvgIpc) is 3.09. The van der Waals surface area contributed by atoms with Crippen LogP contribution in [-0.4, -0.2) is 47.8 Å². The molecule has 150 valence electrons. The summed E-state index contributed by atoms with van der Waals surface area (Å²) >= 11 is 6.30. The molecule has 28 heavy (non-hydrogen) atoms. The minimum absolute atomic E-state index is 0.110. The van der Waals surface area contributed by atoms with Crippen LogP contribution in [0.15, 0.2) is 48.5 Å². The number of aliphatic hydroxyl groups is 1. The van der Waals surface area contributed by atoms with Gasteiger partial charge in [0.25, 0.3) is 0 Å². The summed E-state index contributed by atoms with van der Waals surface area (Å²) in [6.45, 7) is 3.27. The Morgan fingerprint density at radius 2 is 2.04 bits per heavy atom. The zero-order valence-corrected chi connectivity index (χ0v) is 16.9. The molecule has 1 amide bonds. The van der Waals surface area contributed by atoms with Gasteiger partial charge in [0, 0.05) is 30.2 Å². The third-order valence-corrected chi connectivity index (χ3v) is 5.34. The summed E-state index contributed by atoms with van der Waals surface area (Å²) < 4.78 is 5.70. The first-order valence-electron chi connectivity index (χ1n) is 9.67. The van der Waals surface area contributed by atoms with Crippen molar-refractivity contribution in [2.24, 2.45) is 0 Å². The van der Waals surface area contributed by atoms with Gasteiger partial charge in [0.2, 0.25) is 5.91 Å². The van der Waals surface area contributed by atoms with E-state index in [0.29, 0.717) is 18.3 Å². The maximum atomic E-state index is 11.1. The van der Waals surface area contributed by atoms with E-state index in [2.05, 4.69) is 16.3 Å². The largest absolute Gasteiger partial charge is 0.491 e. The number of carbonyl (C=O) groups is 1. The molecule has 0 aromatic heterocycles. The molecule has 1 aliphatic heterocycles. The molecule has 2 unspecified atom stereocenters. The number of aliphatic hydroxyl groups excluding tert-OH is 1. The molecular formula is C22H27ClN2O3. The lowest BCUT2D eigenvalue weighted by Gasteiger charge is -2.27. The lowest BCUT2D eigenvalue weighted by molar-refractivity contribution is -0.114. The molecule has 1 heterocycles. The van der Waals surface area contributed by atoms with Crippen LogP contribution in [0.25, 0.3) is 0 Å². The first-order chi connectivity index (χ1) is 13.5. The second-order valence-corrected chi connectivity index (χ2v) is 7.66. The van der Waals surface area contributed by atoms with Crippen LogP contribution >= 0.6 is 11.6 Å². The number of anilines is 1. The van der Waals surface area contributed by atoms with Gasteiger partial charge in [0.05, 0.1) is 0 Å². The fourth-order valence-corrected chi connectivity index (χ4v) is 3.85. The van der Waals surface area contributed by atoms with Crippen LogP contribution in [0, 0.1) is 0 Å². The predicted octanol–water partition coefficient (Wildman–Crippen LogP) is 3.75. The SMILES string of the molecule is CC(=O)Nc1ccc(OCC(O)CN2CCCC2Cc2ccccc2Cl)cc1. The Kier molecular flexibility index (Phi) is 7.31. The van der Waals surface area contributed by atoms with Crippen LogP contribution < -0.4 is 10.1 Å². The maximum absolute atomic E-state index is 11.1. The summed E-state index contributed by atoms with van der Waals surface area (Å²) in [7, 11) is 0. The molecule has 2 aromatic rings. The van der Waals surface area contributed by atoms with E-state index in [-0.39, 0.29) is 12.5 Å². The van der Waals surface area contributed by atoms with Gasteiger partial charge in [-0.05, 0) is 61.7 Å². The van der Waals surface area contributed by atoms with Crippen molar-refractivity contribution in [1.29, 1.82) is 0 Å². The number of carbonyl (C=O) groups excluding carboxylic acids is 1. The Morgan fingerprint density at radius 3 is 2.75 bits per heavy atom. The van der Waals surface area contributed by atoms with Crippen molar-refractivity contribution in [2.75, 3.05) is 25.0 Å². The summed E-state index contributed by atoms with van der Waals surface area (Å²) in [6.07, 6.45) is 2.58. The van der Waals surface area contributed by atoms with E-state index in [0.717, 1.165) is 42.1 Å². The fourth-order valence-electron chi connectivity index (χ4n) is 3.64. The number of halogens is 1. The third-order valence-electron chi connectivity index (χ3n) is 4.97. The summed E-state index contributed by atoms with van der Waals surface area (Å²) in [4.78, 5) is 13.4. The number of rotatable bonds is 8. The van der Waals surface area contributed by atoms with E-state index < -0.39 is 6.10 Å². The van der Waals surface area contributed by atoms with Crippen molar-refractivity contribution < 1.29 is 14.6 Å². The topological polar surface area (TPSA) is 61.8 Å². The molecule has 1 saturated heterocycles. The molecule has 0 bridgehead atoms. The zero-order chi connectivity index (χ0) is 19.9. The van der Waals surface area contributed by atoms with Crippen LogP contribution in [-0.2, 0) is 11.2 Å². The van der Waals surface area contributed by atoms with Gasteiger partial charge in [0.15, 0.2) is 0 Å². The smallest absolute Gasteiger partial charge is 0.221 e. The summed E-state index contributed by atoms with van der Waals surface area (Å²) in [5.41, 5.74) is 1.88. The number of amides is 1. The lowest BCUT2D eigenvalue weighted by atomic mass is 10.0. The second kappa shape index (κ2) is 9.92. The highest BCUT2D eigenvalue weighted by Gasteiger charge is 2.27. The Labute approximate surface area is 171 Å². The number of benzene rings is 2. The predicted molar refractivity (Wildman–Crippen MR) is 112 cm³/mol. The van der Waals surface area contributed by atoms with Gasteiger partial charge < -0.3 is 15.2 Å². The van der Waals surface area contributed by atoms with Crippen molar-refractivity contribution >= 4 is 23.2 Å². The number of nitrogens with one attached hydrogen (secondary N) is 1. The van der Waals surface area contributed by atoms with Crippen LogP contribution in [0.2, 0.25) is 5.02 Å². The van der Waals surface area contributed by atoms with Gasteiger partial charge >= 0.3 is 0 Å². The van der Waals surface area contributed by atoms with Gasteiger partial charge in [-0.3, -0.25) is 9.69 Å². The maximum Gasteiger partial charge on any atom is 0.221 e. The van der Waals surface area contributed by atoms with Crippen LogP contribution in [0.4, 0.5) is 5.69 Å². The molecule has 0 spiro atoms. The van der Waals surface area contributed by atoms with E-state index >= 15 is 0 Å². The molecule has 3 rings (SSSR count). The Bertz CT molecular complexity index is 782.